The maximum atomic E-state index is 12.4. The second-order valence-electron chi connectivity index (χ2n) is 6.20. The van der Waals surface area contributed by atoms with Gasteiger partial charge < -0.3 is 19.5 Å². The lowest BCUT2D eigenvalue weighted by Gasteiger charge is -2.11. The summed E-state index contributed by atoms with van der Waals surface area (Å²) in [5.74, 6) is -0.0307. The van der Waals surface area contributed by atoms with E-state index in [1.54, 1.807) is 43.5 Å². The Kier molecular flexibility index (Phi) is 6.99. The van der Waals surface area contributed by atoms with Gasteiger partial charge in [0.25, 0.3) is 11.5 Å². The molecule has 0 fully saturated rings. The van der Waals surface area contributed by atoms with E-state index >= 15 is 0 Å². The summed E-state index contributed by atoms with van der Waals surface area (Å²) in [6.07, 6.45) is 1.28. The fraction of sp³-hybridized carbons (Fsp3) is 0.238. The molecule has 0 spiro atoms. The van der Waals surface area contributed by atoms with Crippen molar-refractivity contribution >= 4 is 22.8 Å². The predicted octanol–water partition coefficient (Wildman–Crippen LogP) is 1.14. The second-order valence-corrected chi connectivity index (χ2v) is 6.20. The van der Waals surface area contributed by atoms with Gasteiger partial charge in [-0.1, -0.05) is 24.3 Å². The highest BCUT2D eigenvalue weighted by molar-refractivity contribution is 5.81. The van der Waals surface area contributed by atoms with Gasteiger partial charge in [0, 0.05) is 0 Å². The van der Waals surface area contributed by atoms with Crippen molar-refractivity contribution < 1.29 is 23.8 Å². The number of para-hydroxylation sites is 3. The highest BCUT2D eigenvalue weighted by Crippen LogP contribution is 2.25. The van der Waals surface area contributed by atoms with Crippen LogP contribution < -0.4 is 20.3 Å². The molecule has 9 nitrogen and oxygen atoms in total. The van der Waals surface area contributed by atoms with Gasteiger partial charge in [0.05, 0.1) is 30.9 Å². The van der Waals surface area contributed by atoms with E-state index in [4.69, 9.17) is 14.2 Å². The second kappa shape index (κ2) is 10.1. The molecule has 0 saturated carbocycles. The number of methoxy groups -OCH3 is 1. The fourth-order valence-corrected chi connectivity index (χ4v) is 2.69. The van der Waals surface area contributed by atoms with Gasteiger partial charge in [-0.05, 0) is 24.3 Å². The summed E-state index contributed by atoms with van der Waals surface area (Å²) in [6, 6.07) is 14.0. The monoisotopic (exact) mass is 411 g/mol. The van der Waals surface area contributed by atoms with Gasteiger partial charge in [0.15, 0.2) is 18.1 Å². The Morgan fingerprint density at radius 1 is 1.07 bits per heavy atom. The van der Waals surface area contributed by atoms with Crippen LogP contribution in [0.5, 0.6) is 11.5 Å². The van der Waals surface area contributed by atoms with Crippen LogP contribution in [0.3, 0.4) is 0 Å². The van der Waals surface area contributed by atoms with Crippen LogP contribution in [0.25, 0.3) is 10.9 Å². The lowest BCUT2D eigenvalue weighted by Crippen LogP contribution is -2.33. The van der Waals surface area contributed by atoms with Crippen LogP contribution in [0.1, 0.15) is 0 Å². The minimum atomic E-state index is -0.713. The summed E-state index contributed by atoms with van der Waals surface area (Å²) in [6.45, 7) is -0.342. The van der Waals surface area contributed by atoms with Gasteiger partial charge in [-0.2, -0.15) is 0 Å². The van der Waals surface area contributed by atoms with Crippen molar-refractivity contribution in [1.29, 1.82) is 0 Å². The van der Waals surface area contributed by atoms with E-state index in [1.165, 1.54) is 6.33 Å². The zero-order valence-electron chi connectivity index (χ0n) is 16.4. The average Bonchev–Trinajstić information content (AvgIpc) is 2.77. The Balaban J connectivity index is 1.41. The molecule has 30 heavy (non-hydrogen) atoms. The number of amides is 1. The van der Waals surface area contributed by atoms with E-state index < -0.39 is 18.5 Å². The number of nitrogens with one attached hydrogen (secondary N) is 1. The molecule has 0 saturated heterocycles. The molecular weight excluding hydrogens is 390 g/mol. The summed E-state index contributed by atoms with van der Waals surface area (Å²) in [4.78, 5) is 40.3. The molecule has 0 unspecified atom stereocenters. The first-order valence-electron chi connectivity index (χ1n) is 9.21. The van der Waals surface area contributed by atoms with Gasteiger partial charge in [-0.3, -0.25) is 19.0 Å². The highest BCUT2D eigenvalue weighted by Gasteiger charge is 2.11. The standard InChI is InChI=1S/C21H21N3O6/c1-28-17-8-4-5-9-18(17)29-11-10-22-19(25)13-30-20(26)12-24-14-23-16-7-3-2-6-15(16)21(24)27/h2-9,14H,10-13H2,1H3,(H,22,25). The van der Waals surface area contributed by atoms with E-state index in [0.717, 1.165) is 4.57 Å². The molecule has 0 atom stereocenters. The Hall–Kier alpha value is -3.88. The van der Waals surface area contributed by atoms with Crippen LogP contribution in [0.4, 0.5) is 0 Å². The minimum absolute atomic E-state index is 0.220. The van der Waals surface area contributed by atoms with E-state index in [1.807, 2.05) is 12.1 Å². The predicted molar refractivity (Wildman–Crippen MR) is 108 cm³/mol. The molecule has 0 aliphatic rings. The van der Waals surface area contributed by atoms with Gasteiger partial charge in [-0.25, -0.2) is 4.98 Å². The summed E-state index contributed by atoms with van der Waals surface area (Å²) in [7, 11) is 1.54. The largest absolute Gasteiger partial charge is 0.493 e. The Bertz CT molecular complexity index is 1100. The Labute approximate surface area is 172 Å². The third-order valence-corrected chi connectivity index (χ3v) is 4.15. The number of carbonyl (C=O) groups excluding carboxylic acids is 2. The van der Waals surface area contributed by atoms with Crippen molar-refractivity contribution in [3.63, 3.8) is 0 Å². The lowest BCUT2D eigenvalue weighted by molar-refractivity contribution is -0.149. The van der Waals surface area contributed by atoms with Crippen molar-refractivity contribution in [2.24, 2.45) is 0 Å². The number of hydrogen-bond donors (Lipinski definition) is 1. The number of nitrogens with zero attached hydrogens (tertiary/aromatic N) is 2. The molecule has 1 heterocycles. The summed E-state index contributed by atoms with van der Waals surface area (Å²) in [5.41, 5.74) is 0.192. The van der Waals surface area contributed by atoms with Crippen LogP contribution in [-0.2, 0) is 20.9 Å². The maximum Gasteiger partial charge on any atom is 0.326 e. The first kappa shape index (κ1) is 20.8. The van der Waals surface area contributed by atoms with Crippen LogP contribution >= 0.6 is 0 Å². The third kappa shape index (κ3) is 5.34. The highest BCUT2D eigenvalue weighted by atomic mass is 16.5. The number of fused-ring (bicyclic) bond motifs is 1. The van der Waals surface area contributed by atoms with Crippen molar-refractivity contribution in [2.75, 3.05) is 26.9 Å². The molecule has 156 valence electrons. The topological polar surface area (TPSA) is 109 Å². The number of hydrogen-bond acceptors (Lipinski definition) is 7. The van der Waals surface area contributed by atoms with Crippen LogP contribution in [0, 0.1) is 0 Å². The Morgan fingerprint density at radius 3 is 2.60 bits per heavy atom. The van der Waals surface area contributed by atoms with Crippen molar-refractivity contribution in [1.82, 2.24) is 14.9 Å². The van der Waals surface area contributed by atoms with E-state index in [9.17, 15) is 14.4 Å². The van der Waals surface area contributed by atoms with Gasteiger partial charge in [0.2, 0.25) is 0 Å². The van der Waals surface area contributed by atoms with E-state index in [-0.39, 0.29) is 25.3 Å². The maximum absolute atomic E-state index is 12.4. The summed E-state index contributed by atoms with van der Waals surface area (Å²) < 4.78 is 16.8. The van der Waals surface area contributed by atoms with E-state index in [2.05, 4.69) is 10.3 Å². The quantitative estimate of drug-likeness (QED) is 0.415. The number of ether oxygens (including phenoxy) is 3. The molecule has 2 aromatic carbocycles. The zero-order chi connectivity index (χ0) is 21.3. The molecule has 0 bridgehead atoms. The first-order valence-corrected chi connectivity index (χ1v) is 9.21. The normalized spacial score (nSPS) is 10.4. The van der Waals surface area contributed by atoms with Crippen LogP contribution in [0.2, 0.25) is 0 Å². The summed E-state index contributed by atoms with van der Waals surface area (Å²) in [5, 5.41) is 2.99. The third-order valence-electron chi connectivity index (χ3n) is 4.15. The van der Waals surface area contributed by atoms with Crippen LogP contribution in [0.15, 0.2) is 59.7 Å². The molecule has 1 aromatic heterocycles. The number of rotatable bonds is 9. The summed E-state index contributed by atoms with van der Waals surface area (Å²) >= 11 is 0. The molecule has 1 amide bonds. The molecule has 1 N–H and O–H groups in total. The average molecular weight is 411 g/mol. The SMILES string of the molecule is COc1ccccc1OCCNC(=O)COC(=O)Cn1cnc2ccccc2c1=O. The molecule has 0 radical (unpaired) electrons. The Morgan fingerprint density at radius 2 is 1.80 bits per heavy atom. The van der Waals surface area contributed by atoms with Gasteiger partial charge >= 0.3 is 5.97 Å². The molecule has 3 aromatic rings. The number of benzene rings is 2. The fourth-order valence-electron chi connectivity index (χ4n) is 2.69. The smallest absolute Gasteiger partial charge is 0.326 e. The molecule has 0 aliphatic carbocycles. The van der Waals surface area contributed by atoms with Crippen LogP contribution in [-0.4, -0.2) is 48.3 Å². The van der Waals surface area contributed by atoms with E-state index in [0.29, 0.717) is 22.4 Å². The molecular formula is C21H21N3O6. The van der Waals surface area contributed by atoms with Crippen molar-refractivity contribution in [3.05, 3.63) is 65.2 Å². The number of carbonyl (C=O) groups is 2. The number of esters is 1. The van der Waals surface area contributed by atoms with Crippen molar-refractivity contribution in [2.45, 2.75) is 6.54 Å². The minimum Gasteiger partial charge on any atom is -0.493 e. The number of aromatic nitrogens is 2. The molecule has 0 aliphatic heterocycles. The van der Waals surface area contributed by atoms with Gasteiger partial charge in [0.1, 0.15) is 13.2 Å². The van der Waals surface area contributed by atoms with Crippen molar-refractivity contribution in [3.8, 4) is 11.5 Å². The first-order chi connectivity index (χ1) is 14.6. The zero-order valence-corrected chi connectivity index (χ0v) is 16.4. The van der Waals surface area contributed by atoms with Gasteiger partial charge in [-0.15, -0.1) is 0 Å². The lowest BCUT2D eigenvalue weighted by atomic mass is 10.2. The molecule has 3 rings (SSSR count). The molecule has 9 heteroatoms.